The fourth-order valence-electron chi connectivity index (χ4n) is 2.68. The van der Waals surface area contributed by atoms with Crippen molar-refractivity contribution in [1.29, 1.82) is 0 Å². The molecule has 4 nitrogen and oxygen atoms in total. The van der Waals surface area contributed by atoms with Crippen molar-refractivity contribution < 1.29 is 13.2 Å². The van der Waals surface area contributed by atoms with E-state index in [0.717, 1.165) is 22.3 Å². The van der Waals surface area contributed by atoms with Gasteiger partial charge in [-0.1, -0.05) is 41.4 Å². The van der Waals surface area contributed by atoms with Gasteiger partial charge in [0.15, 0.2) is 0 Å². The van der Waals surface area contributed by atoms with E-state index in [1.807, 2.05) is 45.0 Å². The largest absolute Gasteiger partial charge is 0.375 e. The van der Waals surface area contributed by atoms with E-state index in [9.17, 15) is 8.42 Å². The van der Waals surface area contributed by atoms with Crippen LogP contribution in [0.15, 0.2) is 41.3 Å². The first-order valence-electron chi connectivity index (χ1n) is 7.69. The molecule has 0 aliphatic heterocycles. The molecular formula is C18H22ClNO3S. The zero-order chi connectivity index (χ0) is 17.7. The Kier molecular flexibility index (Phi) is 6.40. The summed E-state index contributed by atoms with van der Waals surface area (Å²) in [4.78, 5) is 0.353. The number of nitrogens with one attached hydrogen (secondary N) is 1. The van der Waals surface area contributed by atoms with E-state index in [1.54, 1.807) is 12.1 Å². The van der Waals surface area contributed by atoms with E-state index < -0.39 is 10.0 Å². The van der Waals surface area contributed by atoms with E-state index in [1.165, 1.54) is 0 Å². The summed E-state index contributed by atoms with van der Waals surface area (Å²) in [5, 5.41) is 0.676. The SMILES string of the molecule is Cc1cc(C)c(S(=O)(=O)NCCOCc2ccc(Cl)cc2)c(C)c1. The molecule has 0 saturated carbocycles. The highest BCUT2D eigenvalue weighted by Crippen LogP contribution is 2.21. The van der Waals surface area contributed by atoms with E-state index in [0.29, 0.717) is 23.1 Å². The highest BCUT2D eigenvalue weighted by Gasteiger charge is 2.19. The quantitative estimate of drug-likeness (QED) is 0.758. The molecule has 0 aliphatic carbocycles. The summed E-state index contributed by atoms with van der Waals surface area (Å²) in [6, 6.07) is 11.1. The highest BCUT2D eigenvalue weighted by molar-refractivity contribution is 7.89. The monoisotopic (exact) mass is 367 g/mol. The molecule has 1 N–H and O–H groups in total. The summed E-state index contributed by atoms with van der Waals surface area (Å²) in [5.41, 5.74) is 3.55. The minimum atomic E-state index is -3.54. The molecule has 2 aromatic rings. The van der Waals surface area contributed by atoms with E-state index >= 15 is 0 Å². The van der Waals surface area contributed by atoms with Gasteiger partial charge in [-0.25, -0.2) is 13.1 Å². The van der Waals surface area contributed by atoms with Gasteiger partial charge in [-0.15, -0.1) is 0 Å². The average Bonchev–Trinajstić information content (AvgIpc) is 2.47. The second-order valence-electron chi connectivity index (χ2n) is 5.80. The number of halogens is 1. The summed E-state index contributed by atoms with van der Waals surface area (Å²) in [6.07, 6.45) is 0. The molecular weight excluding hydrogens is 346 g/mol. The summed E-state index contributed by atoms with van der Waals surface area (Å²) < 4.78 is 33.0. The number of sulfonamides is 1. The van der Waals surface area contributed by atoms with Gasteiger partial charge < -0.3 is 4.74 Å². The first kappa shape index (κ1) is 18.9. The Hall–Kier alpha value is -1.40. The van der Waals surface area contributed by atoms with E-state index in [2.05, 4.69) is 4.72 Å². The van der Waals surface area contributed by atoms with Crippen molar-refractivity contribution in [3.63, 3.8) is 0 Å². The number of hydrogen-bond donors (Lipinski definition) is 1. The molecule has 0 amide bonds. The molecule has 130 valence electrons. The second kappa shape index (κ2) is 8.12. The van der Waals surface area contributed by atoms with Crippen molar-refractivity contribution in [1.82, 2.24) is 4.72 Å². The van der Waals surface area contributed by atoms with Crippen molar-refractivity contribution in [2.75, 3.05) is 13.2 Å². The third kappa shape index (κ3) is 5.05. The Bertz CT molecular complexity index is 779. The molecule has 0 unspecified atom stereocenters. The van der Waals surface area contributed by atoms with Gasteiger partial charge in [0.1, 0.15) is 0 Å². The van der Waals surface area contributed by atoms with Crippen LogP contribution in [-0.2, 0) is 21.4 Å². The van der Waals surface area contributed by atoms with Crippen molar-refractivity contribution >= 4 is 21.6 Å². The maximum absolute atomic E-state index is 12.5. The Morgan fingerprint density at radius 3 is 2.21 bits per heavy atom. The van der Waals surface area contributed by atoms with Gasteiger partial charge >= 0.3 is 0 Å². The zero-order valence-electron chi connectivity index (χ0n) is 14.1. The first-order valence-corrected chi connectivity index (χ1v) is 9.55. The molecule has 0 fully saturated rings. The maximum Gasteiger partial charge on any atom is 0.241 e. The predicted octanol–water partition coefficient (Wildman–Crippen LogP) is 3.76. The number of benzene rings is 2. The molecule has 0 aliphatic rings. The smallest absolute Gasteiger partial charge is 0.241 e. The minimum absolute atomic E-state index is 0.225. The van der Waals surface area contributed by atoms with Crippen LogP contribution in [0.2, 0.25) is 5.02 Å². The van der Waals surface area contributed by atoms with Crippen molar-refractivity contribution in [3.05, 3.63) is 63.7 Å². The summed E-state index contributed by atoms with van der Waals surface area (Å²) in [5.74, 6) is 0. The van der Waals surface area contributed by atoms with Crippen LogP contribution in [-0.4, -0.2) is 21.6 Å². The number of ether oxygens (including phenoxy) is 1. The Morgan fingerprint density at radius 1 is 1.04 bits per heavy atom. The molecule has 0 radical (unpaired) electrons. The van der Waals surface area contributed by atoms with Crippen LogP contribution in [0, 0.1) is 20.8 Å². The van der Waals surface area contributed by atoms with Gasteiger partial charge in [0.25, 0.3) is 0 Å². The lowest BCUT2D eigenvalue weighted by molar-refractivity contribution is 0.126. The van der Waals surface area contributed by atoms with Gasteiger partial charge in [0.2, 0.25) is 10.0 Å². The topological polar surface area (TPSA) is 55.4 Å². The van der Waals surface area contributed by atoms with Crippen LogP contribution in [0.1, 0.15) is 22.3 Å². The fraction of sp³-hybridized carbons (Fsp3) is 0.333. The summed E-state index contributed by atoms with van der Waals surface area (Å²) in [7, 11) is -3.54. The van der Waals surface area contributed by atoms with Crippen LogP contribution in [0.25, 0.3) is 0 Å². The Morgan fingerprint density at radius 2 is 1.62 bits per heavy atom. The van der Waals surface area contributed by atoms with Gasteiger partial charge in [-0.3, -0.25) is 0 Å². The standard InChI is InChI=1S/C18H22ClNO3S/c1-13-10-14(2)18(15(3)11-13)24(21,22)20-8-9-23-12-16-4-6-17(19)7-5-16/h4-7,10-11,20H,8-9,12H2,1-3H3. The molecule has 0 bridgehead atoms. The summed E-state index contributed by atoms with van der Waals surface area (Å²) in [6.45, 7) is 6.52. The third-order valence-corrected chi connectivity index (χ3v) is 5.61. The third-order valence-electron chi connectivity index (χ3n) is 3.59. The van der Waals surface area contributed by atoms with Crippen LogP contribution in [0.4, 0.5) is 0 Å². The van der Waals surface area contributed by atoms with Gasteiger partial charge in [0, 0.05) is 11.6 Å². The first-order chi connectivity index (χ1) is 11.3. The lowest BCUT2D eigenvalue weighted by atomic mass is 10.1. The van der Waals surface area contributed by atoms with Gasteiger partial charge in [-0.05, 0) is 49.6 Å². The molecule has 0 aromatic heterocycles. The molecule has 0 spiro atoms. The molecule has 6 heteroatoms. The number of rotatable bonds is 7. The molecule has 0 heterocycles. The van der Waals surface area contributed by atoms with Crippen molar-refractivity contribution in [2.24, 2.45) is 0 Å². The highest BCUT2D eigenvalue weighted by atomic mass is 35.5. The Balaban J connectivity index is 1.88. The number of hydrogen-bond acceptors (Lipinski definition) is 3. The van der Waals surface area contributed by atoms with Gasteiger partial charge in [-0.2, -0.15) is 0 Å². The second-order valence-corrected chi connectivity index (χ2v) is 7.94. The van der Waals surface area contributed by atoms with Crippen LogP contribution in [0.5, 0.6) is 0 Å². The van der Waals surface area contributed by atoms with Crippen molar-refractivity contribution in [3.8, 4) is 0 Å². The van der Waals surface area contributed by atoms with Crippen LogP contribution >= 0.6 is 11.6 Å². The average molecular weight is 368 g/mol. The normalized spacial score (nSPS) is 11.7. The lowest BCUT2D eigenvalue weighted by Crippen LogP contribution is -2.28. The zero-order valence-corrected chi connectivity index (χ0v) is 15.7. The predicted molar refractivity (Wildman–Crippen MR) is 96.9 cm³/mol. The van der Waals surface area contributed by atoms with Crippen molar-refractivity contribution in [2.45, 2.75) is 32.3 Å². The molecule has 0 atom stereocenters. The van der Waals surface area contributed by atoms with E-state index in [-0.39, 0.29) is 6.54 Å². The molecule has 24 heavy (non-hydrogen) atoms. The minimum Gasteiger partial charge on any atom is -0.375 e. The van der Waals surface area contributed by atoms with Crippen LogP contribution < -0.4 is 4.72 Å². The Labute approximate surface area is 148 Å². The van der Waals surface area contributed by atoms with E-state index in [4.69, 9.17) is 16.3 Å². The lowest BCUT2D eigenvalue weighted by Gasteiger charge is -2.13. The maximum atomic E-state index is 12.5. The molecule has 0 saturated heterocycles. The van der Waals surface area contributed by atoms with Gasteiger partial charge in [0.05, 0.1) is 18.1 Å². The van der Waals surface area contributed by atoms with Crippen LogP contribution in [0.3, 0.4) is 0 Å². The molecule has 2 aromatic carbocycles. The molecule has 2 rings (SSSR count). The fourth-order valence-corrected chi connectivity index (χ4v) is 4.27. The number of aryl methyl sites for hydroxylation is 3. The summed E-state index contributed by atoms with van der Waals surface area (Å²) >= 11 is 5.82.